The van der Waals surface area contributed by atoms with Crippen LogP contribution in [0, 0.1) is 5.82 Å². The molecular formula is C17H12BrClFN3O. The molecule has 2 aromatic carbocycles. The first-order chi connectivity index (χ1) is 11.5. The number of carbonyl (C=O) groups excluding carboxylic acids is 1. The Morgan fingerprint density at radius 1 is 1.25 bits per heavy atom. The highest BCUT2D eigenvalue weighted by atomic mass is 79.9. The van der Waals surface area contributed by atoms with E-state index in [0.29, 0.717) is 29.5 Å². The lowest BCUT2D eigenvalue weighted by Crippen LogP contribution is -2.40. The predicted molar refractivity (Wildman–Crippen MR) is 93.6 cm³/mol. The van der Waals surface area contributed by atoms with Gasteiger partial charge in [0.05, 0.1) is 11.0 Å². The van der Waals surface area contributed by atoms with Gasteiger partial charge in [-0.1, -0.05) is 23.7 Å². The van der Waals surface area contributed by atoms with E-state index in [-0.39, 0.29) is 12.5 Å². The topological polar surface area (TPSA) is 38.1 Å². The minimum absolute atomic E-state index is 0.196. The van der Waals surface area contributed by atoms with Crippen molar-refractivity contribution in [2.24, 2.45) is 0 Å². The molecule has 1 aromatic heterocycles. The molecule has 0 saturated heterocycles. The molecule has 0 bridgehead atoms. The van der Waals surface area contributed by atoms with E-state index in [1.54, 1.807) is 17.0 Å². The standard InChI is InChI=1S/C17H12BrClFN3O/c18-12-2-1-3-14-15(12)23-7-6-22(17(24)16(23)21-14)9-10-4-5-11(19)8-13(10)20/h1-5,8H,6-7,9H2. The molecule has 3 aromatic rings. The number of hydrogen-bond acceptors (Lipinski definition) is 2. The highest BCUT2D eigenvalue weighted by Gasteiger charge is 2.29. The van der Waals surface area contributed by atoms with Crippen molar-refractivity contribution in [1.82, 2.24) is 14.5 Å². The summed E-state index contributed by atoms with van der Waals surface area (Å²) in [7, 11) is 0. The van der Waals surface area contributed by atoms with Crippen LogP contribution in [0.5, 0.6) is 0 Å². The summed E-state index contributed by atoms with van der Waals surface area (Å²) in [6.07, 6.45) is 0. The van der Waals surface area contributed by atoms with Gasteiger partial charge in [0, 0.05) is 34.7 Å². The second-order valence-electron chi connectivity index (χ2n) is 5.66. The van der Waals surface area contributed by atoms with Crippen LogP contribution in [0.2, 0.25) is 5.02 Å². The molecule has 24 heavy (non-hydrogen) atoms. The minimum Gasteiger partial charge on any atom is -0.330 e. The van der Waals surface area contributed by atoms with Gasteiger partial charge in [-0.15, -0.1) is 0 Å². The van der Waals surface area contributed by atoms with Gasteiger partial charge in [-0.2, -0.15) is 0 Å². The van der Waals surface area contributed by atoms with Crippen molar-refractivity contribution in [2.75, 3.05) is 6.54 Å². The maximum absolute atomic E-state index is 14.0. The minimum atomic E-state index is -0.405. The highest BCUT2D eigenvalue weighted by Crippen LogP contribution is 2.28. The van der Waals surface area contributed by atoms with Crippen LogP contribution >= 0.6 is 27.5 Å². The van der Waals surface area contributed by atoms with Gasteiger partial charge in [-0.3, -0.25) is 4.79 Å². The van der Waals surface area contributed by atoms with E-state index in [1.165, 1.54) is 6.07 Å². The molecule has 0 spiro atoms. The first kappa shape index (κ1) is 15.6. The van der Waals surface area contributed by atoms with Crippen molar-refractivity contribution in [2.45, 2.75) is 13.1 Å². The van der Waals surface area contributed by atoms with Crippen LogP contribution in [0.15, 0.2) is 40.9 Å². The van der Waals surface area contributed by atoms with Crippen molar-refractivity contribution >= 4 is 44.5 Å². The lowest BCUT2D eigenvalue weighted by atomic mass is 10.2. The molecular weight excluding hydrogens is 397 g/mol. The number of amides is 1. The van der Waals surface area contributed by atoms with Crippen LogP contribution in [0.25, 0.3) is 11.0 Å². The molecule has 0 atom stereocenters. The van der Waals surface area contributed by atoms with Gasteiger partial charge in [0.15, 0.2) is 5.82 Å². The molecule has 0 unspecified atom stereocenters. The zero-order valence-corrected chi connectivity index (χ0v) is 14.8. The predicted octanol–water partition coefficient (Wildman–Crippen LogP) is 4.25. The largest absolute Gasteiger partial charge is 0.330 e. The number of halogens is 3. The molecule has 0 saturated carbocycles. The third-order valence-electron chi connectivity index (χ3n) is 4.17. The molecule has 0 radical (unpaired) electrons. The van der Waals surface area contributed by atoms with E-state index in [4.69, 9.17) is 11.6 Å². The van der Waals surface area contributed by atoms with Gasteiger partial charge in [0.1, 0.15) is 5.82 Å². The summed E-state index contributed by atoms with van der Waals surface area (Å²) in [5, 5.41) is 0.341. The number of hydrogen-bond donors (Lipinski definition) is 0. The average molecular weight is 409 g/mol. The molecule has 4 rings (SSSR count). The van der Waals surface area contributed by atoms with Gasteiger partial charge in [0.25, 0.3) is 5.91 Å². The van der Waals surface area contributed by atoms with Crippen LogP contribution < -0.4 is 0 Å². The maximum atomic E-state index is 14.0. The van der Waals surface area contributed by atoms with E-state index >= 15 is 0 Å². The molecule has 0 aliphatic carbocycles. The number of nitrogens with zero attached hydrogens (tertiary/aromatic N) is 3. The lowest BCUT2D eigenvalue weighted by Gasteiger charge is -2.28. The number of para-hydroxylation sites is 1. The Kier molecular flexibility index (Phi) is 3.81. The van der Waals surface area contributed by atoms with Crippen LogP contribution in [0.1, 0.15) is 16.2 Å². The van der Waals surface area contributed by atoms with E-state index in [2.05, 4.69) is 20.9 Å². The van der Waals surface area contributed by atoms with Crippen LogP contribution in [-0.4, -0.2) is 26.9 Å². The summed E-state index contributed by atoms with van der Waals surface area (Å²) in [5.74, 6) is -0.214. The zero-order chi connectivity index (χ0) is 16.8. The Labute approximate surface area is 151 Å². The number of rotatable bonds is 2. The summed E-state index contributed by atoms with van der Waals surface area (Å²) in [6.45, 7) is 1.32. The van der Waals surface area contributed by atoms with E-state index in [1.807, 2.05) is 22.8 Å². The summed E-state index contributed by atoms with van der Waals surface area (Å²) in [4.78, 5) is 18.8. The fraction of sp³-hybridized carbons (Fsp3) is 0.176. The van der Waals surface area contributed by atoms with E-state index < -0.39 is 5.82 Å². The number of fused-ring (bicyclic) bond motifs is 3. The lowest BCUT2D eigenvalue weighted by molar-refractivity contribution is 0.0683. The summed E-state index contributed by atoms with van der Waals surface area (Å²) in [5.41, 5.74) is 2.13. The van der Waals surface area contributed by atoms with E-state index in [9.17, 15) is 9.18 Å². The first-order valence-electron chi connectivity index (χ1n) is 7.42. The van der Waals surface area contributed by atoms with Crippen LogP contribution in [0.3, 0.4) is 0 Å². The molecule has 122 valence electrons. The Morgan fingerprint density at radius 3 is 2.88 bits per heavy atom. The molecule has 0 fully saturated rings. The molecule has 0 N–H and O–H groups in total. The normalized spacial score (nSPS) is 14.3. The average Bonchev–Trinajstić information content (AvgIpc) is 2.93. The summed E-state index contributed by atoms with van der Waals surface area (Å²) < 4.78 is 16.8. The molecule has 1 aliphatic heterocycles. The number of carbonyl (C=O) groups is 1. The van der Waals surface area contributed by atoms with Crippen LogP contribution in [0.4, 0.5) is 4.39 Å². The monoisotopic (exact) mass is 407 g/mol. The Bertz CT molecular complexity index is 972. The Hall–Kier alpha value is -1.92. The summed E-state index contributed by atoms with van der Waals surface area (Å²) >= 11 is 9.29. The zero-order valence-electron chi connectivity index (χ0n) is 12.5. The fourth-order valence-corrected chi connectivity index (χ4v) is 3.72. The van der Waals surface area contributed by atoms with Gasteiger partial charge in [0.2, 0.25) is 0 Å². The number of aromatic nitrogens is 2. The SMILES string of the molecule is O=C1c2nc3cccc(Br)c3n2CCN1Cc1ccc(Cl)cc1F. The van der Waals surface area contributed by atoms with Gasteiger partial charge in [-0.05, 0) is 40.2 Å². The van der Waals surface area contributed by atoms with Crippen molar-refractivity contribution in [3.05, 3.63) is 63.1 Å². The molecule has 7 heteroatoms. The quantitative estimate of drug-likeness (QED) is 0.636. The highest BCUT2D eigenvalue weighted by molar-refractivity contribution is 9.10. The third kappa shape index (κ3) is 2.50. The molecule has 1 aliphatic rings. The van der Waals surface area contributed by atoms with Crippen LogP contribution in [-0.2, 0) is 13.1 Å². The van der Waals surface area contributed by atoms with Crippen molar-refractivity contribution in [1.29, 1.82) is 0 Å². The van der Waals surface area contributed by atoms with Gasteiger partial charge < -0.3 is 9.47 Å². The first-order valence-corrected chi connectivity index (χ1v) is 8.59. The number of benzene rings is 2. The Morgan fingerprint density at radius 2 is 2.08 bits per heavy atom. The van der Waals surface area contributed by atoms with E-state index in [0.717, 1.165) is 15.5 Å². The fourth-order valence-electron chi connectivity index (χ4n) is 2.99. The molecule has 1 amide bonds. The van der Waals surface area contributed by atoms with Crippen molar-refractivity contribution in [3.63, 3.8) is 0 Å². The summed E-state index contributed by atoms with van der Waals surface area (Å²) in [6, 6.07) is 10.2. The van der Waals surface area contributed by atoms with Crippen molar-refractivity contribution < 1.29 is 9.18 Å². The number of imidazole rings is 1. The van der Waals surface area contributed by atoms with Crippen molar-refractivity contribution in [3.8, 4) is 0 Å². The second kappa shape index (κ2) is 5.86. The Balaban J connectivity index is 1.69. The second-order valence-corrected chi connectivity index (χ2v) is 6.95. The molecule has 2 heterocycles. The third-order valence-corrected chi connectivity index (χ3v) is 5.04. The smallest absolute Gasteiger partial charge is 0.290 e. The maximum Gasteiger partial charge on any atom is 0.290 e. The molecule has 4 nitrogen and oxygen atoms in total. The van der Waals surface area contributed by atoms with Gasteiger partial charge >= 0.3 is 0 Å². The van der Waals surface area contributed by atoms with Gasteiger partial charge in [-0.25, -0.2) is 9.37 Å².